The van der Waals surface area contributed by atoms with Crippen molar-refractivity contribution in [1.29, 1.82) is 0 Å². The normalized spacial score (nSPS) is 14.2. The average Bonchev–Trinajstić information content (AvgIpc) is 3.25. The standard InChI is InChI=1S/C20H17N3O2S/c1-13-7-8-15-12-23(19(25)16(15)11-13)17(14-5-3-2-4-6-14)18(24)22-20-21-9-10-26-20/h2-11,17H,12H2,1H3,(H,21,22,24). The molecule has 1 unspecified atom stereocenters. The first-order valence-corrected chi connectivity index (χ1v) is 9.17. The first kappa shape index (κ1) is 16.5. The molecule has 2 aromatic carbocycles. The number of thiazole rings is 1. The van der Waals surface area contributed by atoms with Crippen molar-refractivity contribution in [2.45, 2.75) is 19.5 Å². The molecule has 1 atom stereocenters. The number of carbonyl (C=O) groups excluding carboxylic acids is 2. The fraction of sp³-hybridized carbons (Fsp3) is 0.150. The highest BCUT2D eigenvalue weighted by Crippen LogP contribution is 2.33. The fourth-order valence-electron chi connectivity index (χ4n) is 3.21. The summed E-state index contributed by atoms with van der Waals surface area (Å²) in [5, 5.41) is 5.15. The van der Waals surface area contributed by atoms with E-state index in [9.17, 15) is 9.59 Å². The summed E-state index contributed by atoms with van der Waals surface area (Å²) < 4.78 is 0. The summed E-state index contributed by atoms with van der Waals surface area (Å²) in [6.45, 7) is 2.37. The van der Waals surface area contributed by atoms with Crippen molar-refractivity contribution in [3.05, 3.63) is 82.4 Å². The fourth-order valence-corrected chi connectivity index (χ4v) is 3.74. The third-order valence-electron chi connectivity index (χ3n) is 4.44. The van der Waals surface area contributed by atoms with Crippen molar-refractivity contribution >= 4 is 28.3 Å². The molecule has 3 aromatic rings. The summed E-state index contributed by atoms with van der Waals surface area (Å²) in [5.74, 6) is -0.379. The molecule has 1 aliphatic heterocycles. The Balaban J connectivity index is 1.70. The van der Waals surface area contributed by atoms with Gasteiger partial charge in [0.2, 0.25) is 0 Å². The van der Waals surface area contributed by atoms with E-state index in [-0.39, 0.29) is 11.8 Å². The van der Waals surface area contributed by atoms with Crippen molar-refractivity contribution in [3.63, 3.8) is 0 Å². The van der Waals surface area contributed by atoms with Crippen molar-refractivity contribution in [2.75, 3.05) is 5.32 Å². The maximum atomic E-state index is 13.0. The quantitative estimate of drug-likeness (QED) is 0.767. The number of amides is 2. The third-order valence-corrected chi connectivity index (χ3v) is 5.12. The number of hydrogen-bond donors (Lipinski definition) is 1. The van der Waals surface area contributed by atoms with Crippen LogP contribution in [0.1, 0.15) is 33.1 Å². The van der Waals surface area contributed by atoms with Crippen LogP contribution in [0.4, 0.5) is 5.13 Å². The molecule has 2 amide bonds. The molecule has 1 aromatic heterocycles. The second-order valence-corrected chi connectivity index (χ2v) is 7.13. The lowest BCUT2D eigenvalue weighted by molar-refractivity contribution is -0.120. The highest BCUT2D eigenvalue weighted by Gasteiger charge is 2.37. The molecule has 1 N–H and O–H groups in total. The molecular weight excluding hydrogens is 346 g/mol. The molecule has 26 heavy (non-hydrogen) atoms. The minimum atomic E-state index is -0.708. The van der Waals surface area contributed by atoms with E-state index in [0.29, 0.717) is 17.2 Å². The molecule has 0 spiro atoms. The Bertz CT molecular complexity index is 954. The van der Waals surface area contributed by atoms with E-state index in [4.69, 9.17) is 0 Å². The summed E-state index contributed by atoms with van der Waals surface area (Å²) in [6, 6.07) is 14.5. The molecule has 0 radical (unpaired) electrons. The summed E-state index contributed by atoms with van der Waals surface area (Å²) >= 11 is 1.35. The van der Waals surface area contributed by atoms with Crippen LogP contribution in [0.2, 0.25) is 0 Å². The van der Waals surface area contributed by atoms with Gasteiger partial charge < -0.3 is 4.90 Å². The van der Waals surface area contributed by atoms with Crippen LogP contribution < -0.4 is 5.32 Å². The predicted octanol–water partition coefficient (Wildman–Crippen LogP) is 3.79. The zero-order chi connectivity index (χ0) is 18.1. The lowest BCUT2D eigenvalue weighted by atomic mass is 10.0. The molecule has 6 heteroatoms. The van der Waals surface area contributed by atoms with Crippen LogP contribution in [0.5, 0.6) is 0 Å². The number of benzene rings is 2. The number of aryl methyl sites for hydroxylation is 1. The molecule has 0 saturated heterocycles. The van der Waals surface area contributed by atoms with Crippen molar-refractivity contribution in [1.82, 2.24) is 9.88 Å². The van der Waals surface area contributed by atoms with E-state index in [0.717, 1.165) is 16.7 Å². The number of anilines is 1. The van der Waals surface area contributed by atoms with Gasteiger partial charge in [0.1, 0.15) is 6.04 Å². The highest BCUT2D eigenvalue weighted by atomic mass is 32.1. The molecule has 0 saturated carbocycles. The minimum absolute atomic E-state index is 0.119. The Morgan fingerprint density at radius 2 is 2.04 bits per heavy atom. The van der Waals surface area contributed by atoms with Crippen LogP contribution in [0.15, 0.2) is 60.1 Å². The number of nitrogens with zero attached hydrogens (tertiary/aromatic N) is 2. The summed E-state index contributed by atoms with van der Waals surface area (Å²) in [4.78, 5) is 31.8. The van der Waals surface area contributed by atoms with Crippen LogP contribution >= 0.6 is 11.3 Å². The monoisotopic (exact) mass is 363 g/mol. The SMILES string of the molecule is Cc1ccc2c(c1)C(=O)N(C(C(=O)Nc1nccs1)c1ccccc1)C2. The number of fused-ring (bicyclic) bond motifs is 1. The van der Waals surface area contributed by atoms with Crippen molar-refractivity contribution < 1.29 is 9.59 Å². The van der Waals surface area contributed by atoms with Gasteiger partial charge in [-0.05, 0) is 24.1 Å². The number of rotatable bonds is 4. The molecule has 0 aliphatic carbocycles. The Labute approximate surface area is 155 Å². The first-order chi connectivity index (χ1) is 12.6. The van der Waals surface area contributed by atoms with E-state index in [2.05, 4.69) is 10.3 Å². The lowest BCUT2D eigenvalue weighted by Gasteiger charge is -2.27. The number of nitrogens with one attached hydrogen (secondary N) is 1. The zero-order valence-electron chi connectivity index (χ0n) is 14.2. The van der Waals surface area contributed by atoms with Gasteiger partial charge in [-0.15, -0.1) is 11.3 Å². The Hall–Kier alpha value is -2.99. The lowest BCUT2D eigenvalue weighted by Crippen LogP contribution is -2.37. The van der Waals surface area contributed by atoms with Gasteiger partial charge in [0.25, 0.3) is 11.8 Å². The molecule has 4 rings (SSSR count). The van der Waals surface area contributed by atoms with Gasteiger partial charge in [-0.2, -0.15) is 0 Å². The molecule has 130 valence electrons. The Kier molecular flexibility index (Phi) is 4.26. The zero-order valence-corrected chi connectivity index (χ0v) is 15.0. The van der Waals surface area contributed by atoms with Crippen LogP contribution in [-0.2, 0) is 11.3 Å². The number of carbonyl (C=O) groups is 2. The highest BCUT2D eigenvalue weighted by molar-refractivity contribution is 7.13. The predicted molar refractivity (Wildman–Crippen MR) is 101 cm³/mol. The molecule has 0 bridgehead atoms. The molecule has 1 aliphatic rings. The van der Waals surface area contributed by atoms with Crippen LogP contribution in [0.25, 0.3) is 0 Å². The number of hydrogen-bond acceptors (Lipinski definition) is 4. The smallest absolute Gasteiger partial charge is 0.255 e. The topological polar surface area (TPSA) is 62.3 Å². The Morgan fingerprint density at radius 1 is 1.23 bits per heavy atom. The van der Waals surface area contributed by atoms with Gasteiger partial charge in [-0.25, -0.2) is 4.98 Å². The van der Waals surface area contributed by atoms with Gasteiger partial charge in [-0.3, -0.25) is 14.9 Å². The molecule has 2 heterocycles. The maximum Gasteiger partial charge on any atom is 0.255 e. The summed E-state index contributed by atoms with van der Waals surface area (Å²) in [7, 11) is 0. The number of aromatic nitrogens is 1. The van der Waals surface area contributed by atoms with E-state index >= 15 is 0 Å². The van der Waals surface area contributed by atoms with Gasteiger partial charge in [-0.1, -0.05) is 48.0 Å². The third kappa shape index (κ3) is 2.99. The van der Waals surface area contributed by atoms with E-state index in [1.165, 1.54) is 11.3 Å². The molecular formula is C20H17N3O2S. The summed E-state index contributed by atoms with van der Waals surface area (Å²) in [5.41, 5.74) is 3.43. The maximum absolute atomic E-state index is 13.0. The van der Waals surface area contributed by atoms with Gasteiger partial charge >= 0.3 is 0 Å². The van der Waals surface area contributed by atoms with E-state index in [1.54, 1.807) is 16.5 Å². The van der Waals surface area contributed by atoms with Crippen molar-refractivity contribution in [3.8, 4) is 0 Å². The Morgan fingerprint density at radius 3 is 2.77 bits per heavy atom. The van der Waals surface area contributed by atoms with E-state index in [1.807, 2.05) is 55.5 Å². The first-order valence-electron chi connectivity index (χ1n) is 8.29. The molecule has 0 fully saturated rings. The van der Waals surface area contributed by atoms with Crippen LogP contribution in [-0.4, -0.2) is 21.7 Å². The van der Waals surface area contributed by atoms with Gasteiger partial charge in [0, 0.05) is 23.7 Å². The van der Waals surface area contributed by atoms with E-state index < -0.39 is 6.04 Å². The second kappa shape index (κ2) is 6.72. The van der Waals surface area contributed by atoms with Crippen LogP contribution in [0.3, 0.4) is 0 Å². The molecule has 5 nitrogen and oxygen atoms in total. The largest absolute Gasteiger partial charge is 0.318 e. The minimum Gasteiger partial charge on any atom is -0.318 e. The van der Waals surface area contributed by atoms with Crippen molar-refractivity contribution in [2.24, 2.45) is 0 Å². The average molecular weight is 363 g/mol. The summed E-state index contributed by atoms with van der Waals surface area (Å²) in [6.07, 6.45) is 1.64. The van der Waals surface area contributed by atoms with Gasteiger partial charge in [0.15, 0.2) is 5.13 Å². The van der Waals surface area contributed by atoms with Crippen LogP contribution in [0, 0.1) is 6.92 Å². The van der Waals surface area contributed by atoms with Gasteiger partial charge in [0.05, 0.1) is 0 Å². The second-order valence-electron chi connectivity index (χ2n) is 6.23.